The quantitative estimate of drug-likeness (QED) is 0.871. The van der Waals surface area contributed by atoms with E-state index >= 15 is 0 Å². The van der Waals surface area contributed by atoms with Crippen molar-refractivity contribution < 1.29 is 14.6 Å². The van der Waals surface area contributed by atoms with Gasteiger partial charge in [-0.1, -0.05) is 0 Å². The topological polar surface area (TPSA) is 86.5 Å². The highest BCUT2D eigenvalue weighted by molar-refractivity contribution is 5.69. The van der Waals surface area contributed by atoms with Gasteiger partial charge in [0.25, 0.3) is 0 Å². The fourth-order valence-corrected chi connectivity index (χ4v) is 2.20. The van der Waals surface area contributed by atoms with E-state index in [1.807, 2.05) is 11.8 Å². The fourth-order valence-electron chi connectivity index (χ4n) is 2.20. The van der Waals surface area contributed by atoms with Gasteiger partial charge in [-0.2, -0.15) is 5.26 Å². The summed E-state index contributed by atoms with van der Waals surface area (Å²) >= 11 is 0. The molecule has 1 atom stereocenters. The molecule has 1 aromatic heterocycles. The minimum absolute atomic E-state index is 0.0273. The smallest absolute Gasteiger partial charge is 0.305 e. The van der Waals surface area contributed by atoms with Crippen molar-refractivity contribution in [3.63, 3.8) is 0 Å². The van der Waals surface area contributed by atoms with Crippen LogP contribution in [0.15, 0.2) is 12.3 Å². The molecule has 0 aliphatic carbocycles. The van der Waals surface area contributed by atoms with E-state index in [-0.39, 0.29) is 12.5 Å². The molecule has 1 N–H and O–H groups in total. The predicted molar refractivity (Wildman–Crippen MR) is 67.9 cm³/mol. The Morgan fingerprint density at radius 3 is 3.21 bits per heavy atom. The van der Waals surface area contributed by atoms with Gasteiger partial charge in [0.1, 0.15) is 11.9 Å². The highest BCUT2D eigenvalue weighted by Crippen LogP contribution is 2.24. The zero-order valence-corrected chi connectivity index (χ0v) is 10.7. The van der Waals surface area contributed by atoms with E-state index in [0.29, 0.717) is 31.1 Å². The maximum absolute atomic E-state index is 10.9. The molecule has 0 radical (unpaired) electrons. The number of pyridine rings is 1. The number of ether oxygens (including phenoxy) is 1. The Kier molecular flexibility index (Phi) is 3.97. The normalized spacial score (nSPS) is 18.9. The van der Waals surface area contributed by atoms with E-state index < -0.39 is 5.97 Å². The average Bonchev–Trinajstić information content (AvgIpc) is 2.38. The van der Waals surface area contributed by atoms with Crippen LogP contribution in [0, 0.1) is 18.3 Å². The van der Waals surface area contributed by atoms with Crippen LogP contribution >= 0.6 is 0 Å². The van der Waals surface area contributed by atoms with E-state index in [2.05, 4.69) is 11.1 Å². The Morgan fingerprint density at radius 2 is 2.53 bits per heavy atom. The maximum Gasteiger partial charge on any atom is 0.305 e. The van der Waals surface area contributed by atoms with Crippen LogP contribution in [0.3, 0.4) is 0 Å². The summed E-state index contributed by atoms with van der Waals surface area (Å²) in [7, 11) is 0. The molecule has 19 heavy (non-hydrogen) atoms. The van der Waals surface area contributed by atoms with Gasteiger partial charge >= 0.3 is 5.97 Å². The molecule has 2 heterocycles. The van der Waals surface area contributed by atoms with Gasteiger partial charge < -0.3 is 14.7 Å². The number of morpholine rings is 1. The summed E-state index contributed by atoms with van der Waals surface area (Å²) in [5, 5.41) is 18.2. The van der Waals surface area contributed by atoms with Crippen molar-refractivity contribution >= 4 is 11.8 Å². The highest BCUT2D eigenvalue weighted by Gasteiger charge is 2.28. The largest absolute Gasteiger partial charge is 0.481 e. The molecule has 6 nitrogen and oxygen atoms in total. The molecule has 1 aliphatic heterocycles. The fraction of sp³-hybridized carbons (Fsp3) is 0.462. The number of carboxylic acids is 1. The average molecular weight is 261 g/mol. The number of carbonyl (C=O) groups is 1. The van der Waals surface area contributed by atoms with Crippen LogP contribution in [-0.4, -0.2) is 41.9 Å². The molecular formula is C13H15N3O3. The molecule has 100 valence electrons. The van der Waals surface area contributed by atoms with Crippen LogP contribution in [0.5, 0.6) is 0 Å². The molecule has 0 bridgehead atoms. The summed E-state index contributed by atoms with van der Waals surface area (Å²) < 4.78 is 5.32. The first-order valence-corrected chi connectivity index (χ1v) is 6.05. The lowest BCUT2D eigenvalue weighted by Gasteiger charge is -2.36. The van der Waals surface area contributed by atoms with Crippen LogP contribution in [0.1, 0.15) is 17.5 Å². The van der Waals surface area contributed by atoms with Crippen LogP contribution in [-0.2, 0) is 9.53 Å². The molecule has 0 aromatic carbocycles. The summed E-state index contributed by atoms with van der Waals surface area (Å²) in [4.78, 5) is 17.0. The lowest BCUT2D eigenvalue weighted by molar-refractivity contribution is -0.138. The van der Waals surface area contributed by atoms with Crippen LogP contribution in [0.2, 0.25) is 0 Å². The summed E-state index contributed by atoms with van der Waals surface area (Å²) in [6.07, 6.45) is 1.61. The molecule has 1 aliphatic rings. The van der Waals surface area contributed by atoms with Gasteiger partial charge in [-0.05, 0) is 18.6 Å². The third kappa shape index (κ3) is 2.83. The molecule has 1 unspecified atom stereocenters. The summed E-state index contributed by atoms with van der Waals surface area (Å²) in [5.41, 5.74) is 1.34. The minimum Gasteiger partial charge on any atom is -0.481 e. The van der Waals surface area contributed by atoms with Gasteiger partial charge in [-0.3, -0.25) is 4.79 Å². The predicted octanol–water partition coefficient (Wildman–Crippen LogP) is 0.942. The molecule has 2 rings (SSSR count). The van der Waals surface area contributed by atoms with E-state index in [1.165, 1.54) is 0 Å². The Morgan fingerprint density at radius 1 is 1.74 bits per heavy atom. The number of rotatable bonds is 3. The number of anilines is 1. The third-order valence-electron chi connectivity index (χ3n) is 3.16. The molecule has 0 saturated carbocycles. The Hall–Kier alpha value is -2.13. The Bertz CT molecular complexity index is 524. The van der Waals surface area contributed by atoms with Crippen molar-refractivity contribution in [3.05, 3.63) is 23.4 Å². The van der Waals surface area contributed by atoms with Crippen molar-refractivity contribution in [3.8, 4) is 6.07 Å². The Labute approximate surface area is 111 Å². The van der Waals surface area contributed by atoms with Crippen molar-refractivity contribution in [2.45, 2.75) is 19.4 Å². The first kappa shape index (κ1) is 13.3. The summed E-state index contributed by atoms with van der Waals surface area (Å²) in [6.45, 7) is 3.24. The summed E-state index contributed by atoms with van der Waals surface area (Å²) in [5.74, 6) is -0.330. The van der Waals surface area contributed by atoms with Crippen molar-refractivity contribution in [2.75, 3.05) is 24.7 Å². The number of aliphatic carboxylic acids is 1. The number of nitrogens with zero attached hydrogens (tertiary/aromatic N) is 3. The van der Waals surface area contributed by atoms with Gasteiger partial charge in [-0.25, -0.2) is 4.98 Å². The second kappa shape index (κ2) is 5.67. The molecule has 1 aromatic rings. The van der Waals surface area contributed by atoms with Gasteiger partial charge in [0.05, 0.1) is 31.2 Å². The molecule has 1 saturated heterocycles. The standard InChI is InChI=1S/C13H15N3O3/c1-9-2-3-15-13(11(9)7-14)16-4-5-19-8-10(16)6-12(17)18/h2-3,10H,4-6,8H2,1H3,(H,17,18). The number of nitriles is 1. The van der Waals surface area contributed by atoms with E-state index in [1.54, 1.807) is 12.3 Å². The molecule has 0 amide bonds. The van der Waals surface area contributed by atoms with Gasteiger partial charge in [0, 0.05) is 12.7 Å². The van der Waals surface area contributed by atoms with Crippen molar-refractivity contribution in [1.29, 1.82) is 5.26 Å². The lowest BCUT2D eigenvalue weighted by Crippen LogP contribution is -2.47. The minimum atomic E-state index is -0.883. The van der Waals surface area contributed by atoms with Crippen LogP contribution < -0.4 is 4.90 Å². The van der Waals surface area contributed by atoms with Crippen LogP contribution in [0.4, 0.5) is 5.82 Å². The Balaban J connectivity index is 2.35. The zero-order chi connectivity index (χ0) is 13.8. The second-order valence-corrected chi connectivity index (χ2v) is 4.46. The van der Waals surface area contributed by atoms with Gasteiger partial charge in [0.2, 0.25) is 0 Å². The van der Waals surface area contributed by atoms with Crippen molar-refractivity contribution in [2.24, 2.45) is 0 Å². The number of aryl methyl sites for hydroxylation is 1. The summed E-state index contributed by atoms with van der Waals surface area (Å²) in [6, 6.07) is 3.63. The van der Waals surface area contributed by atoms with Gasteiger partial charge in [0.15, 0.2) is 0 Å². The highest BCUT2D eigenvalue weighted by atomic mass is 16.5. The number of aromatic nitrogens is 1. The van der Waals surface area contributed by atoms with E-state index in [0.717, 1.165) is 5.56 Å². The van der Waals surface area contributed by atoms with Gasteiger partial charge in [-0.15, -0.1) is 0 Å². The first-order valence-electron chi connectivity index (χ1n) is 6.05. The monoisotopic (exact) mass is 261 g/mol. The van der Waals surface area contributed by atoms with E-state index in [4.69, 9.17) is 9.84 Å². The van der Waals surface area contributed by atoms with E-state index in [9.17, 15) is 10.1 Å². The van der Waals surface area contributed by atoms with Crippen LogP contribution in [0.25, 0.3) is 0 Å². The van der Waals surface area contributed by atoms with Crippen molar-refractivity contribution in [1.82, 2.24) is 4.98 Å². The lowest BCUT2D eigenvalue weighted by atomic mass is 10.1. The zero-order valence-electron chi connectivity index (χ0n) is 10.7. The molecule has 6 heteroatoms. The molecule has 0 spiro atoms. The number of carboxylic acid groups (broad SMARTS) is 1. The number of hydrogen-bond acceptors (Lipinski definition) is 5. The second-order valence-electron chi connectivity index (χ2n) is 4.46. The maximum atomic E-state index is 10.9. The first-order chi connectivity index (χ1) is 9.13. The third-order valence-corrected chi connectivity index (χ3v) is 3.16. The SMILES string of the molecule is Cc1ccnc(N2CCOCC2CC(=O)O)c1C#N. The molecular weight excluding hydrogens is 246 g/mol. The molecule has 1 fully saturated rings. The number of hydrogen-bond donors (Lipinski definition) is 1.